The Kier molecular flexibility index (Phi) is 3.52. The lowest BCUT2D eigenvalue weighted by molar-refractivity contribution is 0.478. The molecule has 0 spiro atoms. The molecule has 2 heterocycles. The molecule has 4 heteroatoms. The van der Waals surface area contributed by atoms with Crippen LogP contribution in [0.5, 0.6) is 5.75 Å². The number of nitrogens with one attached hydrogen (secondary N) is 1. The second-order valence-corrected chi connectivity index (χ2v) is 5.70. The van der Waals surface area contributed by atoms with Crippen LogP contribution < -0.4 is 5.32 Å². The second kappa shape index (κ2) is 5.82. The summed E-state index contributed by atoms with van der Waals surface area (Å²) in [5.41, 5.74) is 3.54. The van der Waals surface area contributed by atoms with Gasteiger partial charge in [-0.15, -0.1) is 5.10 Å². The topological polar surface area (TPSA) is 58.0 Å². The maximum Gasteiger partial charge on any atom is 0.125 e. The monoisotopic (exact) mass is 303 g/mol. The van der Waals surface area contributed by atoms with Gasteiger partial charge in [0, 0.05) is 12.1 Å². The van der Waals surface area contributed by atoms with Gasteiger partial charge in [-0.3, -0.25) is 0 Å². The zero-order chi connectivity index (χ0) is 15.6. The van der Waals surface area contributed by atoms with Crippen molar-refractivity contribution in [2.75, 3.05) is 13.1 Å². The number of fused-ring (bicyclic) bond motifs is 1. The number of nitrogens with zero attached hydrogens (tertiary/aromatic N) is 2. The van der Waals surface area contributed by atoms with E-state index in [9.17, 15) is 5.11 Å². The van der Waals surface area contributed by atoms with Gasteiger partial charge in [0.2, 0.25) is 0 Å². The molecule has 4 rings (SSSR count). The van der Waals surface area contributed by atoms with E-state index in [-0.39, 0.29) is 5.75 Å². The first-order chi connectivity index (χ1) is 11.3. The smallest absolute Gasteiger partial charge is 0.125 e. The van der Waals surface area contributed by atoms with Crippen molar-refractivity contribution in [3.05, 3.63) is 60.3 Å². The fraction of sp³-hybridized carbons (Fsp3) is 0.158. The Labute approximate surface area is 134 Å². The van der Waals surface area contributed by atoms with Crippen LogP contribution in [-0.2, 0) is 0 Å². The highest BCUT2D eigenvalue weighted by Gasteiger charge is 2.11. The molecule has 0 bridgehead atoms. The molecular formula is C19H17N3O. The van der Waals surface area contributed by atoms with E-state index in [0.29, 0.717) is 11.3 Å². The van der Waals surface area contributed by atoms with E-state index in [1.807, 2.05) is 42.5 Å². The van der Waals surface area contributed by atoms with Crippen LogP contribution in [0, 0.1) is 0 Å². The van der Waals surface area contributed by atoms with E-state index < -0.39 is 0 Å². The molecule has 0 saturated heterocycles. The van der Waals surface area contributed by atoms with E-state index in [1.54, 1.807) is 6.07 Å². The number of hydrogen-bond acceptors (Lipinski definition) is 4. The molecule has 1 aliphatic heterocycles. The van der Waals surface area contributed by atoms with Crippen LogP contribution in [0.1, 0.15) is 12.1 Å². The SMILES string of the molecule is Oc1cc2ccccc2cc1-c1ccc(C2=CCNCC2)nn1. The Balaban J connectivity index is 1.73. The summed E-state index contributed by atoms with van der Waals surface area (Å²) in [5.74, 6) is 0.229. The van der Waals surface area contributed by atoms with E-state index in [1.165, 1.54) is 5.57 Å². The maximum absolute atomic E-state index is 10.3. The van der Waals surface area contributed by atoms with Crippen LogP contribution in [0.2, 0.25) is 0 Å². The molecule has 0 saturated carbocycles. The summed E-state index contributed by atoms with van der Waals surface area (Å²) in [6.07, 6.45) is 3.12. The van der Waals surface area contributed by atoms with Crippen LogP contribution in [0.25, 0.3) is 27.6 Å². The van der Waals surface area contributed by atoms with Crippen LogP contribution in [0.15, 0.2) is 54.6 Å². The number of phenolic OH excluding ortho intramolecular Hbond substituents is 1. The van der Waals surface area contributed by atoms with Gasteiger partial charge in [-0.1, -0.05) is 30.3 Å². The molecule has 2 N–H and O–H groups in total. The van der Waals surface area contributed by atoms with E-state index in [0.717, 1.165) is 36.0 Å². The summed E-state index contributed by atoms with van der Waals surface area (Å²) in [5, 5.41) is 24.3. The summed E-state index contributed by atoms with van der Waals surface area (Å²) in [7, 11) is 0. The summed E-state index contributed by atoms with van der Waals surface area (Å²) < 4.78 is 0. The van der Waals surface area contributed by atoms with Gasteiger partial charge >= 0.3 is 0 Å². The predicted octanol–water partition coefficient (Wildman–Crippen LogP) is 3.38. The van der Waals surface area contributed by atoms with Crippen LogP contribution in [0.4, 0.5) is 0 Å². The number of benzene rings is 2. The molecule has 0 unspecified atom stereocenters. The van der Waals surface area contributed by atoms with Crippen molar-refractivity contribution in [1.29, 1.82) is 0 Å². The lowest BCUT2D eigenvalue weighted by atomic mass is 10.0. The molecule has 0 aliphatic carbocycles. The van der Waals surface area contributed by atoms with Gasteiger partial charge in [-0.05, 0) is 53.6 Å². The van der Waals surface area contributed by atoms with Crippen LogP contribution in [0.3, 0.4) is 0 Å². The first-order valence-electron chi connectivity index (χ1n) is 7.77. The summed E-state index contributed by atoms with van der Waals surface area (Å²) >= 11 is 0. The lowest BCUT2D eigenvalue weighted by Crippen LogP contribution is -2.20. The van der Waals surface area contributed by atoms with Crippen molar-refractivity contribution in [3.63, 3.8) is 0 Å². The Morgan fingerprint density at radius 3 is 2.35 bits per heavy atom. The number of rotatable bonds is 2. The minimum Gasteiger partial charge on any atom is -0.507 e. The number of aromatic nitrogens is 2. The quantitative estimate of drug-likeness (QED) is 0.762. The second-order valence-electron chi connectivity index (χ2n) is 5.70. The number of hydrogen-bond donors (Lipinski definition) is 2. The molecule has 23 heavy (non-hydrogen) atoms. The van der Waals surface area contributed by atoms with E-state index >= 15 is 0 Å². The third-order valence-corrected chi connectivity index (χ3v) is 4.20. The van der Waals surface area contributed by atoms with Gasteiger partial charge in [0.25, 0.3) is 0 Å². The normalized spacial score (nSPS) is 14.7. The van der Waals surface area contributed by atoms with Crippen molar-refractivity contribution in [1.82, 2.24) is 15.5 Å². The molecule has 114 valence electrons. The number of phenols is 1. The molecule has 0 fully saturated rings. The van der Waals surface area contributed by atoms with E-state index in [2.05, 4.69) is 21.6 Å². The zero-order valence-electron chi connectivity index (χ0n) is 12.7. The molecule has 1 aromatic heterocycles. The van der Waals surface area contributed by atoms with Crippen molar-refractivity contribution < 1.29 is 5.11 Å². The van der Waals surface area contributed by atoms with Gasteiger partial charge in [-0.2, -0.15) is 5.10 Å². The fourth-order valence-corrected chi connectivity index (χ4v) is 2.94. The van der Waals surface area contributed by atoms with Crippen molar-refractivity contribution in [3.8, 4) is 17.0 Å². The fourth-order valence-electron chi connectivity index (χ4n) is 2.94. The third-order valence-electron chi connectivity index (χ3n) is 4.20. The highest BCUT2D eigenvalue weighted by Crippen LogP contribution is 2.32. The molecule has 1 aliphatic rings. The van der Waals surface area contributed by atoms with Gasteiger partial charge in [0.1, 0.15) is 5.75 Å². The molecule has 3 aromatic rings. The minimum atomic E-state index is 0.229. The van der Waals surface area contributed by atoms with Crippen molar-refractivity contribution >= 4 is 16.3 Å². The predicted molar refractivity (Wildman–Crippen MR) is 92.1 cm³/mol. The summed E-state index contributed by atoms with van der Waals surface area (Å²) in [6.45, 7) is 1.85. The molecule has 0 amide bonds. The summed E-state index contributed by atoms with van der Waals surface area (Å²) in [4.78, 5) is 0. The Hall–Kier alpha value is -2.72. The molecule has 4 nitrogen and oxygen atoms in total. The molecule has 2 aromatic carbocycles. The Bertz CT molecular complexity index is 885. The van der Waals surface area contributed by atoms with Crippen molar-refractivity contribution in [2.24, 2.45) is 0 Å². The van der Waals surface area contributed by atoms with Crippen LogP contribution >= 0.6 is 0 Å². The first kappa shape index (κ1) is 13.9. The van der Waals surface area contributed by atoms with Gasteiger partial charge < -0.3 is 10.4 Å². The molecule has 0 radical (unpaired) electrons. The first-order valence-corrected chi connectivity index (χ1v) is 7.77. The lowest BCUT2D eigenvalue weighted by Gasteiger charge is -2.13. The van der Waals surface area contributed by atoms with Crippen molar-refractivity contribution in [2.45, 2.75) is 6.42 Å². The van der Waals surface area contributed by atoms with Gasteiger partial charge in [0.05, 0.1) is 11.4 Å². The molecule has 0 atom stereocenters. The van der Waals surface area contributed by atoms with Gasteiger partial charge in [0.15, 0.2) is 0 Å². The minimum absolute atomic E-state index is 0.229. The third kappa shape index (κ3) is 2.69. The van der Waals surface area contributed by atoms with Crippen LogP contribution in [-0.4, -0.2) is 28.4 Å². The Morgan fingerprint density at radius 2 is 1.65 bits per heavy atom. The molecular weight excluding hydrogens is 286 g/mol. The zero-order valence-corrected chi connectivity index (χ0v) is 12.7. The Morgan fingerprint density at radius 1 is 0.913 bits per heavy atom. The number of aromatic hydroxyl groups is 1. The summed E-state index contributed by atoms with van der Waals surface area (Å²) in [6, 6.07) is 15.6. The average Bonchev–Trinajstić information content (AvgIpc) is 2.62. The van der Waals surface area contributed by atoms with E-state index in [4.69, 9.17) is 0 Å². The highest BCUT2D eigenvalue weighted by atomic mass is 16.3. The average molecular weight is 303 g/mol. The maximum atomic E-state index is 10.3. The standard InChI is InChI=1S/C19H17N3O/c23-19-12-15-4-2-1-3-14(15)11-16(19)18-6-5-17(21-22-18)13-7-9-20-10-8-13/h1-7,11-12,20,23H,8-10H2. The highest BCUT2D eigenvalue weighted by molar-refractivity contribution is 5.89. The largest absolute Gasteiger partial charge is 0.507 e. The van der Waals surface area contributed by atoms with Gasteiger partial charge in [-0.25, -0.2) is 0 Å².